The van der Waals surface area contributed by atoms with E-state index in [-0.39, 0.29) is 17.8 Å². The highest BCUT2D eigenvalue weighted by molar-refractivity contribution is 7.18. The molecule has 7 nitrogen and oxygen atoms in total. The highest BCUT2D eigenvalue weighted by Crippen LogP contribution is 2.36. The van der Waals surface area contributed by atoms with E-state index in [0.717, 1.165) is 29.9 Å². The molecule has 0 radical (unpaired) electrons. The third kappa shape index (κ3) is 3.14. The van der Waals surface area contributed by atoms with Crippen LogP contribution >= 0.6 is 11.3 Å². The zero-order valence-corrected chi connectivity index (χ0v) is 15.0. The van der Waals surface area contributed by atoms with Crippen LogP contribution in [0.4, 0.5) is 0 Å². The maximum atomic E-state index is 11.9. The van der Waals surface area contributed by atoms with Gasteiger partial charge in [-0.05, 0) is 31.5 Å². The zero-order chi connectivity index (χ0) is 17.4. The summed E-state index contributed by atoms with van der Waals surface area (Å²) in [6, 6.07) is 8.48. The fourth-order valence-electron chi connectivity index (χ4n) is 3.11. The van der Waals surface area contributed by atoms with Crippen molar-refractivity contribution < 1.29 is 9.32 Å². The van der Waals surface area contributed by atoms with Crippen LogP contribution < -0.4 is 0 Å². The molecule has 1 atom stereocenters. The van der Waals surface area contributed by atoms with Gasteiger partial charge in [0.2, 0.25) is 0 Å². The number of rotatable bonds is 4. The standard InChI is InChI=1S/C17H19N5O2S/c1-21(2)17(23)15-19-14(20-24-15)10-22-9-5-7-12(22)16-18-11-6-3-4-8-13(11)25-16/h3-4,6,8,12H,5,7,9-10H2,1-2H3/t12-/m0/s1. The summed E-state index contributed by atoms with van der Waals surface area (Å²) in [7, 11) is 3.33. The molecule has 8 heteroatoms. The molecular weight excluding hydrogens is 338 g/mol. The lowest BCUT2D eigenvalue weighted by atomic mass is 10.2. The molecule has 1 aromatic carbocycles. The van der Waals surface area contributed by atoms with Gasteiger partial charge in [-0.25, -0.2) is 4.98 Å². The van der Waals surface area contributed by atoms with E-state index >= 15 is 0 Å². The highest BCUT2D eigenvalue weighted by Gasteiger charge is 2.30. The monoisotopic (exact) mass is 357 g/mol. The predicted molar refractivity (Wildman–Crippen MR) is 94.3 cm³/mol. The molecule has 3 heterocycles. The number of nitrogens with zero attached hydrogens (tertiary/aromatic N) is 5. The van der Waals surface area contributed by atoms with Crippen molar-refractivity contribution >= 4 is 27.5 Å². The number of para-hydroxylation sites is 1. The van der Waals surface area contributed by atoms with Gasteiger partial charge in [-0.3, -0.25) is 9.69 Å². The fraction of sp³-hybridized carbons (Fsp3) is 0.412. The number of benzene rings is 1. The molecular formula is C17H19N5O2S. The Labute approximate surface area is 149 Å². The molecule has 0 spiro atoms. The first-order valence-corrected chi connectivity index (χ1v) is 9.07. The maximum absolute atomic E-state index is 11.9. The van der Waals surface area contributed by atoms with Crippen molar-refractivity contribution in [2.45, 2.75) is 25.4 Å². The van der Waals surface area contributed by atoms with E-state index in [2.05, 4.69) is 21.1 Å². The van der Waals surface area contributed by atoms with E-state index < -0.39 is 0 Å². The van der Waals surface area contributed by atoms with E-state index in [1.807, 2.05) is 18.2 Å². The van der Waals surface area contributed by atoms with Crippen LogP contribution in [0.25, 0.3) is 10.2 Å². The van der Waals surface area contributed by atoms with Crippen LogP contribution in [0.5, 0.6) is 0 Å². The lowest BCUT2D eigenvalue weighted by Gasteiger charge is -2.20. The Kier molecular flexibility index (Phi) is 4.22. The van der Waals surface area contributed by atoms with E-state index in [9.17, 15) is 4.79 Å². The summed E-state index contributed by atoms with van der Waals surface area (Å²) in [5.74, 6) is 0.303. The molecule has 0 N–H and O–H groups in total. The number of hydrogen-bond acceptors (Lipinski definition) is 7. The number of likely N-dealkylation sites (tertiary alicyclic amines) is 1. The summed E-state index contributed by atoms with van der Waals surface area (Å²) < 4.78 is 6.31. The molecule has 0 bridgehead atoms. The van der Waals surface area contributed by atoms with Gasteiger partial charge in [-0.15, -0.1) is 11.3 Å². The van der Waals surface area contributed by atoms with Gasteiger partial charge in [0.25, 0.3) is 0 Å². The van der Waals surface area contributed by atoms with Crippen LogP contribution in [0.3, 0.4) is 0 Å². The minimum atomic E-state index is -0.275. The summed E-state index contributed by atoms with van der Waals surface area (Å²) in [6.07, 6.45) is 2.18. The topological polar surface area (TPSA) is 75.4 Å². The lowest BCUT2D eigenvalue weighted by molar-refractivity contribution is 0.0779. The van der Waals surface area contributed by atoms with E-state index in [4.69, 9.17) is 9.51 Å². The van der Waals surface area contributed by atoms with Gasteiger partial charge in [0.15, 0.2) is 5.82 Å². The lowest BCUT2D eigenvalue weighted by Crippen LogP contribution is -2.24. The molecule has 130 valence electrons. The number of carbonyl (C=O) groups is 1. The molecule has 0 saturated carbocycles. The molecule has 1 fully saturated rings. The van der Waals surface area contributed by atoms with Crippen molar-refractivity contribution in [3.8, 4) is 0 Å². The number of amides is 1. The molecule has 25 heavy (non-hydrogen) atoms. The quantitative estimate of drug-likeness (QED) is 0.715. The second-order valence-corrected chi connectivity index (χ2v) is 7.43. The second kappa shape index (κ2) is 6.53. The Hall–Kier alpha value is -2.32. The average molecular weight is 357 g/mol. The number of hydrogen-bond donors (Lipinski definition) is 0. The van der Waals surface area contributed by atoms with Gasteiger partial charge in [0, 0.05) is 14.1 Å². The van der Waals surface area contributed by atoms with Gasteiger partial charge < -0.3 is 9.42 Å². The molecule has 4 rings (SSSR count). The molecule has 1 aliphatic heterocycles. The Bertz CT molecular complexity index is 870. The first-order valence-electron chi connectivity index (χ1n) is 8.25. The van der Waals surface area contributed by atoms with Crippen molar-refractivity contribution in [2.24, 2.45) is 0 Å². The molecule has 0 unspecified atom stereocenters. The highest BCUT2D eigenvalue weighted by atomic mass is 32.1. The van der Waals surface area contributed by atoms with Crippen molar-refractivity contribution in [1.82, 2.24) is 24.9 Å². The number of thiazole rings is 1. The van der Waals surface area contributed by atoms with Crippen LogP contribution in [0.15, 0.2) is 28.8 Å². The van der Waals surface area contributed by atoms with Crippen molar-refractivity contribution in [3.63, 3.8) is 0 Å². The number of aromatic nitrogens is 3. The van der Waals surface area contributed by atoms with Gasteiger partial charge in [0.05, 0.1) is 22.8 Å². The summed E-state index contributed by atoms with van der Waals surface area (Å²) in [6.45, 7) is 1.52. The summed E-state index contributed by atoms with van der Waals surface area (Å²) in [5, 5.41) is 5.09. The predicted octanol–water partition coefficient (Wildman–Crippen LogP) is 2.72. The van der Waals surface area contributed by atoms with Crippen LogP contribution in [0.2, 0.25) is 0 Å². The molecule has 1 saturated heterocycles. The Balaban J connectivity index is 1.53. The Morgan fingerprint density at radius 2 is 2.20 bits per heavy atom. The van der Waals surface area contributed by atoms with Gasteiger partial charge >= 0.3 is 11.8 Å². The zero-order valence-electron chi connectivity index (χ0n) is 14.2. The van der Waals surface area contributed by atoms with E-state index in [1.165, 1.54) is 9.60 Å². The van der Waals surface area contributed by atoms with Gasteiger partial charge in [0.1, 0.15) is 5.01 Å². The van der Waals surface area contributed by atoms with E-state index in [0.29, 0.717) is 12.4 Å². The van der Waals surface area contributed by atoms with Crippen LogP contribution in [-0.4, -0.2) is 51.5 Å². The summed E-state index contributed by atoms with van der Waals surface area (Å²) in [4.78, 5) is 24.7. The first kappa shape index (κ1) is 16.2. The number of carbonyl (C=O) groups excluding carboxylic acids is 1. The number of fused-ring (bicyclic) bond motifs is 1. The van der Waals surface area contributed by atoms with Crippen LogP contribution in [0, 0.1) is 0 Å². The largest absolute Gasteiger partial charge is 0.341 e. The average Bonchev–Trinajstić information content (AvgIpc) is 3.33. The van der Waals surface area contributed by atoms with Crippen LogP contribution in [-0.2, 0) is 6.54 Å². The van der Waals surface area contributed by atoms with Crippen molar-refractivity contribution in [3.05, 3.63) is 41.0 Å². The minimum Gasteiger partial charge on any atom is -0.341 e. The third-order valence-corrected chi connectivity index (χ3v) is 5.50. The molecule has 0 aliphatic carbocycles. The molecule has 3 aromatic rings. The van der Waals surface area contributed by atoms with Crippen molar-refractivity contribution in [2.75, 3.05) is 20.6 Å². The van der Waals surface area contributed by atoms with E-state index in [1.54, 1.807) is 25.4 Å². The molecule has 1 amide bonds. The van der Waals surface area contributed by atoms with Crippen LogP contribution in [0.1, 0.15) is 40.4 Å². The minimum absolute atomic E-state index is 0.0377. The molecule has 2 aromatic heterocycles. The maximum Gasteiger partial charge on any atom is 0.316 e. The summed E-state index contributed by atoms with van der Waals surface area (Å²) >= 11 is 1.75. The normalized spacial score (nSPS) is 18.1. The van der Waals surface area contributed by atoms with Gasteiger partial charge in [-0.1, -0.05) is 17.3 Å². The first-order chi connectivity index (χ1) is 12.1. The Morgan fingerprint density at radius 1 is 1.36 bits per heavy atom. The SMILES string of the molecule is CN(C)C(=O)c1nc(CN2CCC[C@H]2c2nc3ccccc3s2)no1. The molecule has 1 aliphatic rings. The third-order valence-electron chi connectivity index (χ3n) is 4.36. The fourth-order valence-corrected chi connectivity index (χ4v) is 4.24. The smallest absolute Gasteiger partial charge is 0.316 e. The summed E-state index contributed by atoms with van der Waals surface area (Å²) in [5.41, 5.74) is 1.05. The van der Waals surface area contributed by atoms with Crippen molar-refractivity contribution in [1.29, 1.82) is 0 Å². The Morgan fingerprint density at radius 3 is 3.00 bits per heavy atom. The second-order valence-electron chi connectivity index (χ2n) is 6.36. The van der Waals surface area contributed by atoms with Gasteiger partial charge in [-0.2, -0.15) is 4.98 Å².